The molecule has 1 fully saturated rings. The van der Waals surface area contributed by atoms with Crippen molar-refractivity contribution in [1.29, 1.82) is 0 Å². The van der Waals surface area contributed by atoms with Crippen molar-refractivity contribution in [2.45, 2.75) is 31.9 Å². The molecule has 0 unspecified atom stereocenters. The Morgan fingerprint density at radius 3 is 2.86 bits per heavy atom. The van der Waals surface area contributed by atoms with Crippen molar-refractivity contribution in [2.24, 2.45) is 0 Å². The SMILES string of the molecule is CCc1[nH]c(C(=O)N[C@@H]2CCN(c3ccnc(C(=O)OC)c3)C[C@@H]2OC)nc1Cl. The zero-order chi connectivity index (χ0) is 21.0. The molecule has 0 radical (unpaired) electrons. The minimum Gasteiger partial charge on any atom is -0.464 e. The molecule has 1 saturated heterocycles. The summed E-state index contributed by atoms with van der Waals surface area (Å²) in [5, 5.41) is 3.30. The van der Waals surface area contributed by atoms with E-state index in [0.717, 1.165) is 11.4 Å². The maximum atomic E-state index is 12.6. The van der Waals surface area contributed by atoms with E-state index in [9.17, 15) is 9.59 Å². The number of aromatic amines is 1. The lowest BCUT2D eigenvalue weighted by Crippen LogP contribution is -2.55. The van der Waals surface area contributed by atoms with E-state index < -0.39 is 5.97 Å². The summed E-state index contributed by atoms with van der Waals surface area (Å²) in [6, 6.07) is 3.34. The fourth-order valence-corrected chi connectivity index (χ4v) is 3.62. The minimum absolute atomic E-state index is 0.181. The highest BCUT2D eigenvalue weighted by Gasteiger charge is 2.32. The van der Waals surface area contributed by atoms with Crippen LogP contribution in [0.1, 0.15) is 40.1 Å². The number of aryl methyl sites for hydroxylation is 1. The predicted octanol–water partition coefficient (Wildman–Crippen LogP) is 1.83. The molecule has 1 amide bonds. The summed E-state index contributed by atoms with van der Waals surface area (Å²) in [6.45, 7) is 3.15. The molecule has 1 aliphatic heterocycles. The third-order valence-electron chi connectivity index (χ3n) is 4.98. The first-order valence-electron chi connectivity index (χ1n) is 9.34. The summed E-state index contributed by atoms with van der Waals surface area (Å²) in [7, 11) is 2.93. The van der Waals surface area contributed by atoms with Gasteiger partial charge in [-0.25, -0.2) is 14.8 Å². The Bertz CT molecular complexity index is 887. The van der Waals surface area contributed by atoms with E-state index in [2.05, 4.69) is 25.2 Å². The van der Waals surface area contributed by atoms with E-state index in [1.807, 2.05) is 13.0 Å². The zero-order valence-electron chi connectivity index (χ0n) is 16.6. The van der Waals surface area contributed by atoms with E-state index >= 15 is 0 Å². The average molecular weight is 422 g/mol. The fourth-order valence-electron chi connectivity index (χ4n) is 3.35. The standard InChI is InChI=1S/C19H24ClN5O4/c1-4-12-16(20)24-17(22-12)18(26)23-13-6-8-25(10-15(13)28-2)11-5-7-21-14(9-11)19(27)29-3/h5,7,9,13,15H,4,6,8,10H2,1-3H3,(H,22,24)(H,23,26)/t13-,15+/m1/s1. The molecule has 0 saturated carbocycles. The summed E-state index contributed by atoms with van der Waals surface area (Å²) in [5.74, 6) is -0.606. The van der Waals surface area contributed by atoms with Crippen molar-refractivity contribution in [3.8, 4) is 0 Å². The molecule has 2 atom stereocenters. The zero-order valence-corrected chi connectivity index (χ0v) is 17.3. The number of hydrogen-bond donors (Lipinski definition) is 2. The number of nitrogens with zero attached hydrogens (tertiary/aromatic N) is 3. The van der Waals surface area contributed by atoms with E-state index in [1.54, 1.807) is 19.4 Å². The Morgan fingerprint density at radius 1 is 1.41 bits per heavy atom. The van der Waals surface area contributed by atoms with Crippen LogP contribution >= 0.6 is 11.6 Å². The summed E-state index contributed by atoms with van der Waals surface area (Å²) in [4.78, 5) is 37.5. The van der Waals surface area contributed by atoms with Gasteiger partial charge in [-0.1, -0.05) is 18.5 Å². The Hall–Kier alpha value is -2.65. The molecule has 2 N–H and O–H groups in total. The van der Waals surface area contributed by atoms with Crippen LogP contribution in [0.2, 0.25) is 5.15 Å². The number of piperidine rings is 1. The molecule has 0 bridgehead atoms. The number of ether oxygens (including phenoxy) is 2. The Morgan fingerprint density at radius 2 is 2.21 bits per heavy atom. The molecule has 0 aliphatic carbocycles. The van der Waals surface area contributed by atoms with Crippen molar-refractivity contribution in [2.75, 3.05) is 32.2 Å². The van der Waals surface area contributed by atoms with E-state index in [0.29, 0.717) is 31.1 Å². The molecular formula is C19H24ClN5O4. The first-order valence-corrected chi connectivity index (χ1v) is 9.72. The smallest absolute Gasteiger partial charge is 0.356 e. The van der Waals surface area contributed by atoms with Crippen molar-refractivity contribution in [1.82, 2.24) is 20.3 Å². The number of methoxy groups -OCH3 is 2. The van der Waals surface area contributed by atoms with Crippen molar-refractivity contribution in [3.05, 3.63) is 40.7 Å². The summed E-state index contributed by atoms with van der Waals surface area (Å²) >= 11 is 6.03. The van der Waals surface area contributed by atoms with Gasteiger partial charge in [0.25, 0.3) is 5.91 Å². The van der Waals surface area contributed by atoms with Crippen LogP contribution in [-0.4, -0.2) is 66.3 Å². The second kappa shape index (κ2) is 9.23. The summed E-state index contributed by atoms with van der Waals surface area (Å²) in [5.41, 5.74) is 1.82. The van der Waals surface area contributed by atoms with Crippen LogP contribution in [0, 0.1) is 0 Å². The predicted molar refractivity (Wildman–Crippen MR) is 107 cm³/mol. The van der Waals surface area contributed by atoms with Gasteiger partial charge in [-0.2, -0.15) is 0 Å². The number of imidazole rings is 1. The number of pyridine rings is 1. The number of carbonyl (C=O) groups is 2. The maximum Gasteiger partial charge on any atom is 0.356 e. The third kappa shape index (κ3) is 4.68. The highest BCUT2D eigenvalue weighted by Crippen LogP contribution is 2.22. The van der Waals surface area contributed by atoms with Crippen molar-refractivity contribution >= 4 is 29.2 Å². The number of amides is 1. The van der Waals surface area contributed by atoms with E-state index in [4.69, 9.17) is 21.1 Å². The molecule has 2 aromatic heterocycles. The van der Waals surface area contributed by atoms with Crippen LogP contribution in [-0.2, 0) is 15.9 Å². The number of aromatic nitrogens is 3. The third-order valence-corrected chi connectivity index (χ3v) is 5.29. The van der Waals surface area contributed by atoms with Crippen LogP contribution in [0.3, 0.4) is 0 Å². The number of anilines is 1. The van der Waals surface area contributed by atoms with E-state index in [-0.39, 0.29) is 29.6 Å². The van der Waals surface area contributed by atoms with Crippen molar-refractivity contribution in [3.63, 3.8) is 0 Å². The van der Waals surface area contributed by atoms with Gasteiger partial charge in [0, 0.05) is 32.1 Å². The largest absolute Gasteiger partial charge is 0.464 e. The van der Waals surface area contributed by atoms with Crippen molar-refractivity contribution < 1.29 is 19.1 Å². The molecule has 3 rings (SSSR count). The first-order chi connectivity index (χ1) is 14.0. The van der Waals surface area contributed by atoms with Crippen LogP contribution in [0.25, 0.3) is 0 Å². The maximum absolute atomic E-state index is 12.6. The second-order valence-electron chi connectivity index (χ2n) is 6.69. The van der Waals surface area contributed by atoms with Crippen LogP contribution in [0.5, 0.6) is 0 Å². The van der Waals surface area contributed by atoms with Gasteiger partial charge in [-0.05, 0) is 25.0 Å². The van der Waals surface area contributed by atoms with E-state index in [1.165, 1.54) is 7.11 Å². The number of H-pyrrole nitrogens is 1. The lowest BCUT2D eigenvalue weighted by atomic mass is 10.0. The highest BCUT2D eigenvalue weighted by molar-refractivity contribution is 6.30. The number of rotatable bonds is 6. The first kappa shape index (κ1) is 21.1. The summed E-state index contributed by atoms with van der Waals surface area (Å²) < 4.78 is 10.4. The number of hydrogen-bond acceptors (Lipinski definition) is 7. The molecule has 1 aliphatic rings. The van der Waals surface area contributed by atoms with Crippen LogP contribution in [0.15, 0.2) is 18.3 Å². The van der Waals surface area contributed by atoms with Gasteiger partial charge < -0.3 is 24.7 Å². The minimum atomic E-state index is -0.485. The van der Waals surface area contributed by atoms with Crippen LogP contribution < -0.4 is 10.2 Å². The summed E-state index contributed by atoms with van der Waals surface area (Å²) in [6.07, 6.45) is 2.66. The molecular weight excluding hydrogens is 398 g/mol. The van der Waals surface area contributed by atoms with Gasteiger partial charge in [0.05, 0.1) is 24.9 Å². The van der Waals surface area contributed by atoms with Gasteiger partial charge in [0.1, 0.15) is 5.69 Å². The van der Waals surface area contributed by atoms with Crippen LogP contribution in [0.4, 0.5) is 5.69 Å². The number of halogens is 1. The monoisotopic (exact) mass is 421 g/mol. The topological polar surface area (TPSA) is 109 Å². The lowest BCUT2D eigenvalue weighted by molar-refractivity contribution is 0.0537. The van der Waals surface area contributed by atoms with Gasteiger partial charge >= 0.3 is 5.97 Å². The quantitative estimate of drug-likeness (QED) is 0.684. The van der Waals surface area contributed by atoms with Gasteiger partial charge in [0.15, 0.2) is 11.0 Å². The molecule has 156 valence electrons. The molecule has 10 heteroatoms. The molecule has 9 nitrogen and oxygen atoms in total. The number of esters is 1. The normalized spacial score (nSPS) is 19.1. The number of carbonyl (C=O) groups excluding carboxylic acids is 2. The molecule has 29 heavy (non-hydrogen) atoms. The van der Waals surface area contributed by atoms with Gasteiger partial charge in [-0.3, -0.25) is 4.79 Å². The van der Waals surface area contributed by atoms with Gasteiger partial charge in [-0.15, -0.1) is 0 Å². The number of nitrogens with one attached hydrogen (secondary N) is 2. The Kier molecular flexibility index (Phi) is 6.71. The lowest BCUT2D eigenvalue weighted by Gasteiger charge is -2.39. The molecule has 2 aromatic rings. The Balaban J connectivity index is 1.68. The van der Waals surface area contributed by atoms with Gasteiger partial charge in [0.2, 0.25) is 0 Å². The fraction of sp³-hybridized carbons (Fsp3) is 0.474. The Labute approximate surface area is 173 Å². The second-order valence-corrected chi connectivity index (χ2v) is 7.05. The molecule has 0 aromatic carbocycles. The molecule has 0 spiro atoms. The average Bonchev–Trinajstić information content (AvgIpc) is 3.14. The highest BCUT2D eigenvalue weighted by atomic mass is 35.5. The molecule has 3 heterocycles.